The third-order valence-corrected chi connectivity index (χ3v) is 3.37. The zero-order valence-electron chi connectivity index (χ0n) is 11.0. The van der Waals surface area contributed by atoms with Gasteiger partial charge in [0.25, 0.3) is 0 Å². The van der Waals surface area contributed by atoms with E-state index in [1.165, 1.54) is 6.07 Å². The largest absolute Gasteiger partial charge is 0.407 e. The van der Waals surface area contributed by atoms with Crippen LogP contribution in [0.1, 0.15) is 5.89 Å². The van der Waals surface area contributed by atoms with Crippen LogP contribution in [0.5, 0.6) is 0 Å². The molecule has 0 aliphatic carbocycles. The van der Waals surface area contributed by atoms with Crippen molar-refractivity contribution in [2.45, 2.75) is 6.54 Å². The second-order valence-electron chi connectivity index (χ2n) is 4.61. The summed E-state index contributed by atoms with van der Waals surface area (Å²) in [5, 5.41) is 7.81. The van der Waals surface area contributed by atoms with Gasteiger partial charge >= 0.3 is 6.01 Å². The maximum Gasteiger partial charge on any atom is 0.318 e. The Morgan fingerprint density at radius 3 is 2.45 bits per heavy atom. The van der Waals surface area contributed by atoms with Gasteiger partial charge in [-0.2, -0.15) is 0 Å². The number of para-hydroxylation sites is 1. The smallest absolute Gasteiger partial charge is 0.318 e. The minimum Gasteiger partial charge on any atom is -0.407 e. The number of hydrogen-bond acceptors (Lipinski definition) is 6. The molecule has 1 fully saturated rings. The first kappa shape index (κ1) is 12.9. The van der Waals surface area contributed by atoms with E-state index in [0.717, 1.165) is 0 Å². The first-order valence-corrected chi connectivity index (χ1v) is 6.55. The van der Waals surface area contributed by atoms with Crippen LogP contribution in [0.25, 0.3) is 0 Å². The first-order chi connectivity index (χ1) is 9.78. The number of hydrogen-bond donors (Lipinski definition) is 1. The zero-order valence-corrected chi connectivity index (χ0v) is 11.0. The van der Waals surface area contributed by atoms with E-state index in [1.54, 1.807) is 12.1 Å². The second-order valence-corrected chi connectivity index (χ2v) is 4.61. The third kappa shape index (κ3) is 2.44. The van der Waals surface area contributed by atoms with Gasteiger partial charge in [0.05, 0.1) is 12.2 Å². The molecule has 7 heteroatoms. The summed E-state index contributed by atoms with van der Waals surface area (Å²) in [5.74, 6) is 0.237. The number of benzene rings is 1. The van der Waals surface area contributed by atoms with Crippen molar-refractivity contribution in [2.75, 3.05) is 36.0 Å². The van der Waals surface area contributed by atoms with Crippen molar-refractivity contribution < 1.29 is 8.81 Å². The quantitative estimate of drug-likeness (QED) is 0.902. The average Bonchev–Trinajstić information content (AvgIpc) is 2.97. The molecule has 0 radical (unpaired) electrons. The monoisotopic (exact) mass is 277 g/mol. The fourth-order valence-corrected chi connectivity index (χ4v) is 2.30. The predicted octanol–water partition coefficient (Wildman–Crippen LogP) is 0.994. The van der Waals surface area contributed by atoms with Gasteiger partial charge in [0.15, 0.2) is 0 Å². The summed E-state index contributed by atoms with van der Waals surface area (Å²) >= 11 is 0. The molecule has 0 saturated carbocycles. The maximum absolute atomic E-state index is 13.7. The Morgan fingerprint density at radius 2 is 1.80 bits per heavy atom. The van der Waals surface area contributed by atoms with Crippen LogP contribution in [0.2, 0.25) is 0 Å². The highest BCUT2D eigenvalue weighted by Crippen LogP contribution is 2.22. The van der Waals surface area contributed by atoms with Crippen LogP contribution in [0.15, 0.2) is 28.7 Å². The molecule has 1 aliphatic heterocycles. The minimum atomic E-state index is -0.191. The molecule has 3 rings (SSSR count). The molecular formula is C13H16FN5O. The Balaban J connectivity index is 1.66. The maximum atomic E-state index is 13.7. The van der Waals surface area contributed by atoms with E-state index in [0.29, 0.717) is 43.8 Å². The molecule has 1 aromatic carbocycles. The van der Waals surface area contributed by atoms with E-state index in [-0.39, 0.29) is 12.4 Å². The van der Waals surface area contributed by atoms with Gasteiger partial charge in [0.1, 0.15) is 5.82 Å². The number of anilines is 2. The topological polar surface area (TPSA) is 71.4 Å². The molecule has 2 aromatic rings. The molecule has 20 heavy (non-hydrogen) atoms. The lowest BCUT2D eigenvalue weighted by Gasteiger charge is -2.35. The third-order valence-electron chi connectivity index (χ3n) is 3.37. The van der Waals surface area contributed by atoms with Crippen molar-refractivity contribution >= 4 is 11.7 Å². The van der Waals surface area contributed by atoms with E-state index < -0.39 is 0 Å². The lowest BCUT2D eigenvalue weighted by molar-refractivity contribution is 0.475. The fraction of sp³-hybridized carbons (Fsp3) is 0.385. The van der Waals surface area contributed by atoms with Crippen LogP contribution < -0.4 is 15.5 Å². The lowest BCUT2D eigenvalue weighted by atomic mass is 10.2. The number of nitrogens with zero attached hydrogens (tertiary/aromatic N) is 4. The molecule has 1 aliphatic rings. The van der Waals surface area contributed by atoms with Gasteiger partial charge in [0.2, 0.25) is 5.89 Å². The van der Waals surface area contributed by atoms with Crippen molar-refractivity contribution in [3.05, 3.63) is 36.0 Å². The molecule has 106 valence electrons. The summed E-state index contributed by atoms with van der Waals surface area (Å²) in [7, 11) is 0. The molecule has 0 bridgehead atoms. The molecule has 2 N–H and O–H groups in total. The highest BCUT2D eigenvalue weighted by molar-refractivity contribution is 5.49. The van der Waals surface area contributed by atoms with Crippen LogP contribution in [-0.2, 0) is 6.54 Å². The minimum absolute atomic E-state index is 0.191. The van der Waals surface area contributed by atoms with Gasteiger partial charge in [-0.25, -0.2) is 4.39 Å². The molecule has 0 spiro atoms. The Kier molecular flexibility index (Phi) is 3.51. The molecule has 0 unspecified atom stereocenters. The van der Waals surface area contributed by atoms with Gasteiger partial charge < -0.3 is 20.0 Å². The molecule has 0 amide bonds. The number of aromatic nitrogens is 2. The van der Waals surface area contributed by atoms with E-state index in [2.05, 4.69) is 10.2 Å². The molecule has 6 nitrogen and oxygen atoms in total. The van der Waals surface area contributed by atoms with Crippen LogP contribution in [0.3, 0.4) is 0 Å². The van der Waals surface area contributed by atoms with Crippen LogP contribution >= 0.6 is 0 Å². The Labute approximate surface area is 116 Å². The van der Waals surface area contributed by atoms with Gasteiger partial charge in [-0.1, -0.05) is 17.2 Å². The van der Waals surface area contributed by atoms with Crippen LogP contribution in [-0.4, -0.2) is 36.4 Å². The second kappa shape index (κ2) is 5.46. The summed E-state index contributed by atoms with van der Waals surface area (Å²) in [6.45, 7) is 3.08. The number of piperazine rings is 1. The molecule has 0 atom stereocenters. The Hall–Kier alpha value is -2.15. The molecular weight excluding hydrogens is 261 g/mol. The summed E-state index contributed by atoms with van der Waals surface area (Å²) in [4.78, 5) is 4.01. The van der Waals surface area contributed by atoms with Gasteiger partial charge in [-0.05, 0) is 12.1 Å². The van der Waals surface area contributed by atoms with Crippen molar-refractivity contribution in [3.8, 4) is 0 Å². The van der Waals surface area contributed by atoms with Crippen LogP contribution in [0.4, 0.5) is 16.1 Å². The van der Waals surface area contributed by atoms with Gasteiger partial charge in [-0.15, -0.1) is 5.10 Å². The van der Waals surface area contributed by atoms with Crippen molar-refractivity contribution in [2.24, 2.45) is 5.73 Å². The van der Waals surface area contributed by atoms with Gasteiger partial charge in [-0.3, -0.25) is 0 Å². The first-order valence-electron chi connectivity index (χ1n) is 6.55. The lowest BCUT2D eigenvalue weighted by Crippen LogP contribution is -2.47. The highest BCUT2D eigenvalue weighted by atomic mass is 19.1. The van der Waals surface area contributed by atoms with Crippen molar-refractivity contribution in [1.29, 1.82) is 0 Å². The summed E-state index contributed by atoms with van der Waals surface area (Å²) in [6, 6.07) is 7.30. The van der Waals surface area contributed by atoms with E-state index >= 15 is 0 Å². The predicted molar refractivity (Wildman–Crippen MR) is 73.0 cm³/mol. The normalized spacial score (nSPS) is 15.7. The number of halogens is 1. The van der Waals surface area contributed by atoms with Crippen molar-refractivity contribution in [1.82, 2.24) is 10.2 Å². The summed E-state index contributed by atoms with van der Waals surface area (Å²) in [6.07, 6.45) is 0. The fourth-order valence-electron chi connectivity index (χ4n) is 2.30. The number of rotatable bonds is 3. The SMILES string of the molecule is NCc1nnc(N2CCN(c3ccccc3F)CC2)o1. The van der Waals surface area contributed by atoms with E-state index in [1.807, 2.05) is 15.9 Å². The standard InChI is InChI=1S/C13H16FN5O/c14-10-3-1-2-4-11(10)18-5-7-19(8-6-18)13-17-16-12(9-15)20-13/h1-4H,5-9,15H2. The zero-order chi connectivity index (χ0) is 13.9. The van der Waals surface area contributed by atoms with E-state index in [4.69, 9.17) is 10.2 Å². The summed E-state index contributed by atoms with van der Waals surface area (Å²) < 4.78 is 19.2. The Bertz CT molecular complexity index is 580. The van der Waals surface area contributed by atoms with Crippen LogP contribution in [0, 0.1) is 5.82 Å². The molecule has 1 saturated heterocycles. The number of nitrogens with two attached hydrogens (primary N) is 1. The molecule has 1 aromatic heterocycles. The van der Waals surface area contributed by atoms with Crippen molar-refractivity contribution in [3.63, 3.8) is 0 Å². The summed E-state index contributed by atoms with van der Waals surface area (Å²) in [5.41, 5.74) is 6.08. The van der Waals surface area contributed by atoms with E-state index in [9.17, 15) is 4.39 Å². The molecule has 2 heterocycles. The van der Waals surface area contributed by atoms with Gasteiger partial charge in [0, 0.05) is 26.2 Å². The highest BCUT2D eigenvalue weighted by Gasteiger charge is 2.22. The average molecular weight is 277 g/mol. The Morgan fingerprint density at radius 1 is 1.10 bits per heavy atom.